The summed E-state index contributed by atoms with van der Waals surface area (Å²) in [4.78, 5) is 19.2. The lowest BCUT2D eigenvalue weighted by Crippen LogP contribution is -2.25. The predicted molar refractivity (Wildman–Crippen MR) is 64.0 cm³/mol. The molecule has 0 bridgehead atoms. The molecule has 1 aliphatic rings. The van der Waals surface area contributed by atoms with Crippen LogP contribution in [0.2, 0.25) is 0 Å². The number of hydrogen-bond acceptors (Lipinski definition) is 5. The summed E-state index contributed by atoms with van der Waals surface area (Å²) in [5.74, 6) is -0.656. The third kappa shape index (κ3) is 2.01. The number of rotatable bonds is 2. The molecule has 7 nitrogen and oxygen atoms in total. The first kappa shape index (κ1) is 11.6. The fourth-order valence-corrected chi connectivity index (χ4v) is 2.07. The van der Waals surface area contributed by atoms with E-state index in [9.17, 15) is 9.18 Å². The van der Waals surface area contributed by atoms with Crippen LogP contribution in [0.3, 0.4) is 0 Å². The van der Waals surface area contributed by atoms with Crippen molar-refractivity contribution in [3.05, 3.63) is 35.7 Å². The Bertz CT molecular complexity index is 623. The number of amides is 1. The topological polar surface area (TPSA) is 98.7 Å². The summed E-state index contributed by atoms with van der Waals surface area (Å²) in [6.07, 6.45) is 1.87. The first-order valence-electron chi connectivity index (χ1n) is 5.77. The van der Waals surface area contributed by atoms with Crippen LogP contribution < -0.4 is 11.1 Å². The van der Waals surface area contributed by atoms with E-state index >= 15 is 0 Å². The number of nitrogens with one attached hydrogen (secondary N) is 1. The Morgan fingerprint density at radius 2 is 2.37 bits per heavy atom. The Morgan fingerprint density at radius 3 is 3.05 bits per heavy atom. The zero-order valence-corrected chi connectivity index (χ0v) is 9.88. The Balaban J connectivity index is 2.02. The number of aromatic nitrogens is 4. The van der Waals surface area contributed by atoms with Gasteiger partial charge < -0.3 is 11.1 Å². The fourth-order valence-electron chi connectivity index (χ4n) is 2.07. The largest absolute Gasteiger partial charge is 0.363 e. The average Bonchev–Trinajstić information content (AvgIpc) is 2.83. The number of hydrogen-bond donors (Lipinski definition) is 2. The van der Waals surface area contributed by atoms with Crippen molar-refractivity contribution < 1.29 is 9.18 Å². The van der Waals surface area contributed by atoms with Gasteiger partial charge in [0.2, 0.25) is 11.8 Å². The van der Waals surface area contributed by atoms with Crippen molar-refractivity contribution in [3.63, 3.8) is 0 Å². The van der Waals surface area contributed by atoms with Gasteiger partial charge in [0, 0.05) is 6.54 Å². The molecule has 1 aliphatic heterocycles. The van der Waals surface area contributed by atoms with Crippen molar-refractivity contribution in [2.24, 2.45) is 5.73 Å². The Kier molecular flexibility index (Phi) is 2.62. The Morgan fingerprint density at radius 1 is 1.53 bits per heavy atom. The van der Waals surface area contributed by atoms with Crippen molar-refractivity contribution in [3.8, 4) is 0 Å². The molecule has 19 heavy (non-hydrogen) atoms. The molecular weight excluding hydrogens is 251 g/mol. The van der Waals surface area contributed by atoms with E-state index in [0.29, 0.717) is 24.6 Å². The zero-order chi connectivity index (χ0) is 13.4. The summed E-state index contributed by atoms with van der Waals surface area (Å²) in [5, 5.41) is 7.09. The molecule has 1 amide bonds. The maximum absolute atomic E-state index is 12.9. The average molecular weight is 262 g/mol. The van der Waals surface area contributed by atoms with Crippen LogP contribution in [-0.2, 0) is 0 Å². The van der Waals surface area contributed by atoms with Gasteiger partial charge in [-0.1, -0.05) is 0 Å². The minimum atomic E-state index is -0.686. The molecule has 3 heterocycles. The quantitative estimate of drug-likeness (QED) is 0.811. The van der Waals surface area contributed by atoms with Crippen molar-refractivity contribution in [2.45, 2.75) is 12.5 Å². The number of primary amides is 1. The van der Waals surface area contributed by atoms with E-state index in [1.54, 1.807) is 10.7 Å². The van der Waals surface area contributed by atoms with Gasteiger partial charge in [-0.2, -0.15) is 4.98 Å². The number of fused-ring (bicyclic) bond motifs is 1. The number of carbonyl (C=O) groups excluding carboxylic acids is 1. The van der Waals surface area contributed by atoms with E-state index in [1.165, 1.54) is 6.07 Å². The molecule has 0 saturated carbocycles. The number of anilines is 1. The van der Waals surface area contributed by atoms with Gasteiger partial charge in [-0.15, -0.1) is 5.10 Å². The van der Waals surface area contributed by atoms with Crippen LogP contribution in [-0.4, -0.2) is 32.2 Å². The molecule has 1 atom stereocenters. The molecule has 0 fully saturated rings. The van der Waals surface area contributed by atoms with Gasteiger partial charge in [0.15, 0.2) is 0 Å². The SMILES string of the molecule is NC(=O)c1nc2n(n1)C(c1ccc(F)cn1)CCN2. The highest BCUT2D eigenvalue weighted by atomic mass is 19.1. The number of nitrogens with zero attached hydrogens (tertiary/aromatic N) is 4. The van der Waals surface area contributed by atoms with E-state index in [1.807, 2.05) is 0 Å². The molecule has 98 valence electrons. The third-order valence-corrected chi connectivity index (χ3v) is 2.94. The number of carbonyl (C=O) groups is 1. The molecule has 1 unspecified atom stereocenters. The number of nitrogens with two attached hydrogens (primary N) is 1. The first-order chi connectivity index (χ1) is 9.15. The van der Waals surface area contributed by atoms with Crippen LogP contribution in [0.15, 0.2) is 18.3 Å². The molecule has 3 rings (SSSR count). The van der Waals surface area contributed by atoms with Crippen LogP contribution in [0.1, 0.15) is 28.8 Å². The smallest absolute Gasteiger partial charge is 0.288 e. The maximum Gasteiger partial charge on any atom is 0.288 e. The normalized spacial score (nSPS) is 17.6. The lowest BCUT2D eigenvalue weighted by atomic mass is 10.1. The Hall–Kier alpha value is -2.51. The van der Waals surface area contributed by atoms with Gasteiger partial charge in [0.05, 0.1) is 17.9 Å². The molecule has 3 N–H and O–H groups in total. The minimum absolute atomic E-state index is 0.0449. The van der Waals surface area contributed by atoms with Crippen molar-refractivity contribution in [1.82, 2.24) is 19.7 Å². The fraction of sp³-hybridized carbons (Fsp3) is 0.273. The molecule has 0 saturated heterocycles. The van der Waals surface area contributed by atoms with Crippen molar-refractivity contribution in [2.75, 3.05) is 11.9 Å². The molecule has 2 aromatic rings. The molecule has 0 radical (unpaired) electrons. The van der Waals surface area contributed by atoms with Crippen LogP contribution in [0.5, 0.6) is 0 Å². The van der Waals surface area contributed by atoms with Crippen LogP contribution in [0.25, 0.3) is 0 Å². The highest BCUT2D eigenvalue weighted by molar-refractivity contribution is 5.89. The maximum atomic E-state index is 12.9. The van der Waals surface area contributed by atoms with E-state index in [-0.39, 0.29) is 11.9 Å². The van der Waals surface area contributed by atoms with Gasteiger partial charge in [-0.3, -0.25) is 9.78 Å². The van der Waals surface area contributed by atoms with Gasteiger partial charge in [0.25, 0.3) is 5.91 Å². The monoisotopic (exact) mass is 262 g/mol. The second kappa shape index (κ2) is 4.30. The lowest BCUT2D eigenvalue weighted by molar-refractivity contribution is 0.0990. The second-order valence-corrected chi connectivity index (χ2v) is 4.20. The summed E-state index contributed by atoms with van der Waals surface area (Å²) >= 11 is 0. The predicted octanol–water partition coefficient (Wildman–Crippen LogP) is 0.316. The van der Waals surface area contributed by atoms with Crippen molar-refractivity contribution >= 4 is 11.9 Å². The molecule has 0 aliphatic carbocycles. The van der Waals surface area contributed by atoms with Crippen LogP contribution in [0.4, 0.5) is 10.3 Å². The van der Waals surface area contributed by atoms with E-state index in [4.69, 9.17) is 5.73 Å². The molecule has 0 aromatic carbocycles. The summed E-state index contributed by atoms with van der Waals surface area (Å²) in [6.45, 7) is 0.667. The molecule has 0 spiro atoms. The third-order valence-electron chi connectivity index (χ3n) is 2.94. The summed E-state index contributed by atoms with van der Waals surface area (Å²) in [6, 6.07) is 2.76. The number of halogens is 1. The van der Waals surface area contributed by atoms with Crippen LogP contribution >= 0.6 is 0 Å². The standard InChI is InChI=1S/C11H11FN6O/c12-6-1-2-7(15-5-6)8-3-4-14-11-16-10(9(13)19)17-18(8)11/h1-2,5,8H,3-4H2,(H2,13,19)(H,14,16,17). The highest BCUT2D eigenvalue weighted by Gasteiger charge is 2.26. The highest BCUT2D eigenvalue weighted by Crippen LogP contribution is 2.26. The zero-order valence-electron chi connectivity index (χ0n) is 9.88. The van der Waals surface area contributed by atoms with Gasteiger partial charge in [-0.05, 0) is 18.6 Å². The Labute approximate surface area is 107 Å². The van der Waals surface area contributed by atoms with E-state index < -0.39 is 11.7 Å². The number of pyridine rings is 1. The minimum Gasteiger partial charge on any atom is -0.363 e. The van der Waals surface area contributed by atoms with Crippen molar-refractivity contribution in [1.29, 1.82) is 0 Å². The summed E-state index contributed by atoms with van der Waals surface area (Å²) in [5.41, 5.74) is 5.83. The first-order valence-corrected chi connectivity index (χ1v) is 5.77. The summed E-state index contributed by atoms with van der Waals surface area (Å²) < 4.78 is 14.4. The molecular formula is C11H11FN6O. The summed E-state index contributed by atoms with van der Waals surface area (Å²) in [7, 11) is 0. The van der Waals surface area contributed by atoms with E-state index in [2.05, 4.69) is 20.4 Å². The van der Waals surface area contributed by atoms with Crippen LogP contribution in [0, 0.1) is 5.82 Å². The molecule has 8 heteroatoms. The van der Waals surface area contributed by atoms with Gasteiger partial charge >= 0.3 is 0 Å². The second-order valence-electron chi connectivity index (χ2n) is 4.20. The van der Waals surface area contributed by atoms with Gasteiger partial charge in [0.1, 0.15) is 5.82 Å². The van der Waals surface area contributed by atoms with Gasteiger partial charge in [-0.25, -0.2) is 9.07 Å². The lowest BCUT2D eigenvalue weighted by Gasteiger charge is -2.23. The van der Waals surface area contributed by atoms with E-state index in [0.717, 1.165) is 6.20 Å². The molecule has 2 aromatic heterocycles.